The lowest BCUT2D eigenvalue weighted by molar-refractivity contribution is -0.116. The molecule has 5 nitrogen and oxygen atoms in total. The van der Waals surface area contributed by atoms with E-state index in [2.05, 4.69) is 36.4 Å². The quantitative estimate of drug-likeness (QED) is 0.707. The van der Waals surface area contributed by atoms with E-state index in [1.54, 1.807) is 10.9 Å². The van der Waals surface area contributed by atoms with Crippen LogP contribution in [0.4, 0.5) is 11.4 Å². The van der Waals surface area contributed by atoms with Crippen LogP contribution in [-0.4, -0.2) is 15.7 Å². The number of fused-ring (bicyclic) bond motifs is 1. The fourth-order valence-electron chi connectivity index (χ4n) is 2.93. The Kier molecular flexibility index (Phi) is 4.51. The summed E-state index contributed by atoms with van der Waals surface area (Å²) in [5.41, 5.74) is 10.6. The third-order valence-corrected chi connectivity index (χ3v) is 4.23. The summed E-state index contributed by atoms with van der Waals surface area (Å²) < 4.78 is 1.68. The van der Waals surface area contributed by atoms with Crippen molar-refractivity contribution in [2.45, 2.75) is 33.2 Å². The van der Waals surface area contributed by atoms with E-state index in [0.29, 0.717) is 5.69 Å². The number of para-hydroxylation sites is 1. The molecule has 0 bridgehead atoms. The summed E-state index contributed by atoms with van der Waals surface area (Å²) in [5.74, 6) is -0.0852. The third kappa shape index (κ3) is 3.11. The molecule has 1 amide bonds. The Balaban J connectivity index is 1.84. The Bertz CT molecular complexity index is 860. The van der Waals surface area contributed by atoms with Gasteiger partial charge in [-0.3, -0.25) is 9.48 Å². The van der Waals surface area contributed by atoms with Gasteiger partial charge in [0.25, 0.3) is 0 Å². The lowest BCUT2D eigenvalue weighted by Crippen LogP contribution is -2.21. The van der Waals surface area contributed by atoms with Crippen LogP contribution in [0, 0.1) is 0 Å². The number of aryl methyl sites for hydroxylation is 2. The molecule has 0 fully saturated rings. The van der Waals surface area contributed by atoms with Crippen LogP contribution in [0.1, 0.15) is 25.0 Å². The summed E-state index contributed by atoms with van der Waals surface area (Å²) in [6.45, 7) is 4.34. The van der Waals surface area contributed by atoms with Gasteiger partial charge in [0.1, 0.15) is 6.54 Å². The first-order valence-electron chi connectivity index (χ1n) is 8.24. The molecule has 0 unspecified atom stereocenters. The molecular formula is C19H22N4O. The minimum atomic E-state index is -0.0852. The molecule has 0 spiro atoms. The second-order valence-electron chi connectivity index (χ2n) is 5.83. The van der Waals surface area contributed by atoms with Gasteiger partial charge in [0.05, 0.1) is 11.7 Å². The summed E-state index contributed by atoms with van der Waals surface area (Å²) >= 11 is 0. The second-order valence-corrected chi connectivity index (χ2v) is 5.83. The first-order valence-corrected chi connectivity index (χ1v) is 8.24. The van der Waals surface area contributed by atoms with Gasteiger partial charge in [0, 0.05) is 16.8 Å². The summed E-state index contributed by atoms with van der Waals surface area (Å²) in [4.78, 5) is 12.5. The number of nitrogens with two attached hydrogens (primary N) is 1. The van der Waals surface area contributed by atoms with Crippen LogP contribution in [0.5, 0.6) is 0 Å². The van der Waals surface area contributed by atoms with Gasteiger partial charge in [-0.05, 0) is 42.2 Å². The number of aromatic nitrogens is 2. The zero-order valence-corrected chi connectivity index (χ0v) is 14.0. The molecule has 5 heteroatoms. The van der Waals surface area contributed by atoms with E-state index >= 15 is 0 Å². The largest absolute Gasteiger partial charge is 0.399 e. The number of nitrogens with one attached hydrogen (secondary N) is 1. The van der Waals surface area contributed by atoms with Crippen molar-refractivity contribution in [2.24, 2.45) is 0 Å². The number of nitrogen functional groups attached to an aromatic ring is 1. The van der Waals surface area contributed by atoms with Gasteiger partial charge >= 0.3 is 0 Å². The fourth-order valence-corrected chi connectivity index (χ4v) is 2.93. The third-order valence-electron chi connectivity index (χ3n) is 4.23. The van der Waals surface area contributed by atoms with Crippen molar-refractivity contribution >= 4 is 28.2 Å². The molecule has 1 aromatic heterocycles. The van der Waals surface area contributed by atoms with Gasteiger partial charge in [0.15, 0.2) is 0 Å². The highest BCUT2D eigenvalue weighted by molar-refractivity contribution is 5.93. The molecule has 124 valence electrons. The van der Waals surface area contributed by atoms with E-state index in [0.717, 1.165) is 40.6 Å². The first-order chi connectivity index (χ1) is 11.6. The van der Waals surface area contributed by atoms with Gasteiger partial charge in [-0.2, -0.15) is 5.10 Å². The molecule has 0 aliphatic rings. The molecule has 0 aliphatic heterocycles. The number of carbonyl (C=O) groups is 1. The van der Waals surface area contributed by atoms with Crippen LogP contribution in [0.15, 0.2) is 42.6 Å². The molecule has 1 heterocycles. The maximum atomic E-state index is 12.5. The van der Waals surface area contributed by atoms with Crippen molar-refractivity contribution in [3.05, 3.63) is 53.7 Å². The Hall–Kier alpha value is -2.82. The molecule has 3 aromatic rings. The van der Waals surface area contributed by atoms with Crippen LogP contribution >= 0.6 is 0 Å². The maximum Gasteiger partial charge on any atom is 0.246 e. The number of hydrogen-bond acceptors (Lipinski definition) is 3. The number of hydrogen-bond donors (Lipinski definition) is 2. The SMILES string of the molecule is CCc1cccc(CC)c1NC(=O)Cn1ncc2ccc(N)cc21. The van der Waals surface area contributed by atoms with Gasteiger partial charge in [-0.25, -0.2) is 0 Å². The van der Waals surface area contributed by atoms with E-state index < -0.39 is 0 Å². The maximum absolute atomic E-state index is 12.5. The topological polar surface area (TPSA) is 72.9 Å². The Labute approximate surface area is 141 Å². The van der Waals surface area contributed by atoms with E-state index in [-0.39, 0.29) is 12.5 Å². The number of nitrogens with zero attached hydrogens (tertiary/aromatic N) is 2. The number of benzene rings is 2. The van der Waals surface area contributed by atoms with Gasteiger partial charge in [-0.15, -0.1) is 0 Å². The number of anilines is 2. The normalized spacial score (nSPS) is 10.9. The smallest absolute Gasteiger partial charge is 0.246 e. The van der Waals surface area contributed by atoms with Crippen molar-refractivity contribution in [1.29, 1.82) is 0 Å². The highest BCUT2D eigenvalue weighted by Crippen LogP contribution is 2.23. The van der Waals surface area contributed by atoms with Gasteiger partial charge in [0.2, 0.25) is 5.91 Å². The molecule has 0 saturated carbocycles. The van der Waals surface area contributed by atoms with Crippen LogP contribution in [0.3, 0.4) is 0 Å². The summed E-state index contributed by atoms with van der Waals surface area (Å²) in [6, 6.07) is 11.7. The lowest BCUT2D eigenvalue weighted by atomic mass is 10.0. The Morgan fingerprint density at radius 2 is 1.88 bits per heavy atom. The minimum absolute atomic E-state index is 0.0852. The van der Waals surface area contributed by atoms with Crippen molar-refractivity contribution in [3.63, 3.8) is 0 Å². The summed E-state index contributed by atoms with van der Waals surface area (Å²) in [7, 11) is 0. The number of rotatable bonds is 5. The fraction of sp³-hybridized carbons (Fsp3) is 0.263. The molecule has 2 aromatic carbocycles. The molecule has 0 aliphatic carbocycles. The summed E-state index contributed by atoms with van der Waals surface area (Å²) in [5, 5.41) is 8.34. The minimum Gasteiger partial charge on any atom is -0.399 e. The second kappa shape index (κ2) is 6.74. The van der Waals surface area contributed by atoms with Crippen molar-refractivity contribution in [2.75, 3.05) is 11.1 Å². The summed E-state index contributed by atoms with van der Waals surface area (Å²) in [6.07, 6.45) is 3.51. The number of carbonyl (C=O) groups excluding carboxylic acids is 1. The molecule has 24 heavy (non-hydrogen) atoms. The van der Waals surface area contributed by atoms with Crippen LogP contribution < -0.4 is 11.1 Å². The van der Waals surface area contributed by atoms with E-state index in [9.17, 15) is 4.79 Å². The highest BCUT2D eigenvalue weighted by Gasteiger charge is 2.12. The monoisotopic (exact) mass is 322 g/mol. The highest BCUT2D eigenvalue weighted by atomic mass is 16.2. The standard InChI is InChI=1S/C19H22N4O/c1-3-13-6-5-7-14(4-2)19(13)22-18(24)12-23-17-10-16(20)9-8-15(17)11-21-23/h5-11H,3-4,12,20H2,1-2H3,(H,22,24). The average Bonchev–Trinajstić information content (AvgIpc) is 2.97. The number of amides is 1. The van der Waals surface area contributed by atoms with Crippen LogP contribution in [0.25, 0.3) is 10.9 Å². The zero-order valence-electron chi connectivity index (χ0n) is 14.0. The lowest BCUT2D eigenvalue weighted by Gasteiger charge is -2.14. The Morgan fingerprint density at radius 3 is 2.54 bits per heavy atom. The van der Waals surface area contributed by atoms with E-state index in [1.165, 1.54) is 0 Å². The Morgan fingerprint density at radius 1 is 1.17 bits per heavy atom. The van der Waals surface area contributed by atoms with Gasteiger partial charge < -0.3 is 11.1 Å². The first kappa shape index (κ1) is 16.1. The average molecular weight is 322 g/mol. The molecule has 0 saturated heterocycles. The van der Waals surface area contributed by atoms with Crippen molar-refractivity contribution < 1.29 is 4.79 Å². The van der Waals surface area contributed by atoms with Crippen LogP contribution in [0.2, 0.25) is 0 Å². The van der Waals surface area contributed by atoms with E-state index in [1.807, 2.05) is 24.3 Å². The van der Waals surface area contributed by atoms with E-state index in [4.69, 9.17) is 5.73 Å². The van der Waals surface area contributed by atoms with Gasteiger partial charge in [-0.1, -0.05) is 32.0 Å². The zero-order chi connectivity index (χ0) is 17.1. The predicted octanol–water partition coefficient (Wildman–Crippen LogP) is 3.38. The molecule has 3 rings (SSSR count). The predicted molar refractivity (Wildman–Crippen MR) is 98.0 cm³/mol. The molecule has 0 atom stereocenters. The van der Waals surface area contributed by atoms with Crippen molar-refractivity contribution in [3.8, 4) is 0 Å². The molecule has 3 N–H and O–H groups in total. The molecular weight excluding hydrogens is 300 g/mol. The molecule has 0 radical (unpaired) electrons. The van der Waals surface area contributed by atoms with Crippen molar-refractivity contribution in [1.82, 2.24) is 9.78 Å². The van der Waals surface area contributed by atoms with Crippen LogP contribution in [-0.2, 0) is 24.2 Å².